The van der Waals surface area contributed by atoms with Crippen LogP contribution in [-0.4, -0.2) is 35.6 Å². The summed E-state index contributed by atoms with van der Waals surface area (Å²) in [7, 11) is 0. The average Bonchev–Trinajstić information content (AvgIpc) is 2.79. The summed E-state index contributed by atoms with van der Waals surface area (Å²) in [6.07, 6.45) is 1.06. The summed E-state index contributed by atoms with van der Waals surface area (Å²) in [4.78, 5) is 13.4. The Hall–Kier alpha value is -1.39. The molecule has 1 fully saturated rings. The van der Waals surface area contributed by atoms with E-state index in [0.717, 1.165) is 31.6 Å². The van der Waals surface area contributed by atoms with Gasteiger partial charge in [-0.3, -0.25) is 9.69 Å². The molecule has 1 heterocycles. The van der Waals surface area contributed by atoms with Gasteiger partial charge in [-0.25, -0.2) is 0 Å². The molecule has 18 heavy (non-hydrogen) atoms. The van der Waals surface area contributed by atoms with E-state index < -0.39 is 0 Å². The Kier molecular flexibility index (Phi) is 3.99. The Bertz CT molecular complexity index is 445. The number of carbonyl (C=O) groups is 1. The van der Waals surface area contributed by atoms with Gasteiger partial charge in [0.05, 0.1) is 0 Å². The molecule has 0 aromatic heterocycles. The molecule has 1 amide bonds. The summed E-state index contributed by atoms with van der Waals surface area (Å²) in [6, 6.07) is 5.60. The molecule has 1 saturated heterocycles. The number of aryl methyl sites for hydroxylation is 1. The van der Waals surface area contributed by atoms with E-state index in [1.807, 2.05) is 19.1 Å². The molecule has 3 N–H and O–H groups in total. The third kappa shape index (κ3) is 2.89. The van der Waals surface area contributed by atoms with E-state index in [2.05, 4.69) is 4.90 Å². The number of benzene rings is 1. The summed E-state index contributed by atoms with van der Waals surface area (Å²) >= 11 is 0. The Morgan fingerprint density at radius 2 is 2.33 bits per heavy atom. The lowest BCUT2D eigenvalue weighted by Gasteiger charge is -2.17. The van der Waals surface area contributed by atoms with Gasteiger partial charge in [-0.15, -0.1) is 0 Å². The molecule has 4 heteroatoms. The van der Waals surface area contributed by atoms with Gasteiger partial charge in [0.1, 0.15) is 0 Å². The quantitative estimate of drug-likeness (QED) is 0.832. The highest BCUT2D eigenvalue weighted by molar-refractivity contribution is 5.93. The minimum Gasteiger partial charge on any atom is -0.396 e. The monoisotopic (exact) mass is 248 g/mol. The van der Waals surface area contributed by atoms with Crippen molar-refractivity contribution in [1.29, 1.82) is 0 Å². The molecule has 4 nitrogen and oxygen atoms in total. The summed E-state index contributed by atoms with van der Waals surface area (Å²) in [5.74, 6) is 0.0290. The number of primary amides is 1. The number of nitrogens with two attached hydrogens (primary N) is 1. The van der Waals surface area contributed by atoms with Gasteiger partial charge in [-0.2, -0.15) is 0 Å². The molecule has 1 aromatic carbocycles. The van der Waals surface area contributed by atoms with Crippen LogP contribution in [0.2, 0.25) is 0 Å². The lowest BCUT2D eigenvalue weighted by Crippen LogP contribution is -2.21. The molecular formula is C14H20N2O2. The van der Waals surface area contributed by atoms with Crippen LogP contribution in [0.25, 0.3) is 0 Å². The van der Waals surface area contributed by atoms with Gasteiger partial charge in [-0.1, -0.05) is 6.07 Å². The standard InChI is InChI=1S/C14H20N2O2/c1-10-6-12(14(15)18)2-3-13(10)8-16-5-4-11(7-16)9-17/h2-3,6,11,17H,4-5,7-9H2,1H3,(H2,15,18). The second-order valence-electron chi connectivity index (χ2n) is 5.08. The highest BCUT2D eigenvalue weighted by Gasteiger charge is 2.21. The molecule has 0 saturated carbocycles. The number of aliphatic hydroxyl groups is 1. The minimum atomic E-state index is -0.383. The number of aliphatic hydroxyl groups excluding tert-OH is 1. The fourth-order valence-corrected chi connectivity index (χ4v) is 2.47. The van der Waals surface area contributed by atoms with Crippen LogP contribution in [0.3, 0.4) is 0 Å². The van der Waals surface area contributed by atoms with Gasteiger partial charge in [0.15, 0.2) is 0 Å². The van der Waals surface area contributed by atoms with Crippen LogP contribution < -0.4 is 5.73 Å². The number of hydrogen-bond acceptors (Lipinski definition) is 3. The Morgan fingerprint density at radius 3 is 2.89 bits per heavy atom. The zero-order valence-corrected chi connectivity index (χ0v) is 10.7. The fourth-order valence-electron chi connectivity index (χ4n) is 2.47. The highest BCUT2D eigenvalue weighted by atomic mass is 16.3. The first kappa shape index (κ1) is 13.1. The van der Waals surface area contributed by atoms with Gasteiger partial charge < -0.3 is 10.8 Å². The van der Waals surface area contributed by atoms with E-state index in [0.29, 0.717) is 11.5 Å². The maximum absolute atomic E-state index is 11.1. The maximum Gasteiger partial charge on any atom is 0.248 e. The lowest BCUT2D eigenvalue weighted by molar-refractivity contribution is 0.1000. The number of nitrogens with zero attached hydrogens (tertiary/aromatic N) is 1. The van der Waals surface area contributed by atoms with Crippen LogP contribution >= 0.6 is 0 Å². The van der Waals surface area contributed by atoms with Crippen LogP contribution in [-0.2, 0) is 6.54 Å². The van der Waals surface area contributed by atoms with Gasteiger partial charge >= 0.3 is 0 Å². The van der Waals surface area contributed by atoms with Crippen LogP contribution in [0.5, 0.6) is 0 Å². The SMILES string of the molecule is Cc1cc(C(N)=O)ccc1CN1CCC(CO)C1. The van der Waals surface area contributed by atoms with Crippen molar-refractivity contribution < 1.29 is 9.90 Å². The molecular weight excluding hydrogens is 228 g/mol. The largest absolute Gasteiger partial charge is 0.396 e. The van der Waals surface area contributed by atoms with E-state index >= 15 is 0 Å². The molecule has 0 bridgehead atoms. The summed E-state index contributed by atoms with van der Waals surface area (Å²) in [5, 5.41) is 9.12. The van der Waals surface area contributed by atoms with Gasteiger partial charge in [0, 0.05) is 25.3 Å². The number of carbonyl (C=O) groups excluding carboxylic acids is 1. The predicted molar refractivity (Wildman–Crippen MR) is 70.2 cm³/mol. The van der Waals surface area contributed by atoms with Gasteiger partial charge in [0.2, 0.25) is 5.91 Å². The van der Waals surface area contributed by atoms with Crippen molar-refractivity contribution in [3.05, 3.63) is 34.9 Å². The normalized spacial score (nSPS) is 20.2. The van der Waals surface area contributed by atoms with Crippen molar-refractivity contribution in [1.82, 2.24) is 4.90 Å². The summed E-state index contributed by atoms with van der Waals surface area (Å²) in [6.45, 7) is 5.13. The molecule has 98 valence electrons. The molecule has 2 rings (SSSR count). The van der Waals surface area contributed by atoms with E-state index in [9.17, 15) is 4.79 Å². The van der Waals surface area contributed by atoms with Crippen LogP contribution in [0.4, 0.5) is 0 Å². The smallest absolute Gasteiger partial charge is 0.248 e. The Balaban J connectivity index is 2.04. The second-order valence-corrected chi connectivity index (χ2v) is 5.08. The fraction of sp³-hybridized carbons (Fsp3) is 0.500. The topological polar surface area (TPSA) is 66.6 Å². The van der Waals surface area contributed by atoms with Gasteiger partial charge in [0.25, 0.3) is 0 Å². The maximum atomic E-state index is 11.1. The molecule has 1 aliphatic heterocycles. The number of rotatable bonds is 4. The van der Waals surface area contributed by atoms with E-state index in [1.165, 1.54) is 5.56 Å². The number of amides is 1. The molecule has 1 unspecified atom stereocenters. The zero-order valence-electron chi connectivity index (χ0n) is 10.7. The highest BCUT2D eigenvalue weighted by Crippen LogP contribution is 2.20. The molecule has 1 aliphatic rings. The van der Waals surface area contributed by atoms with Crippen molar-refractivity contribution in [2.24, 2.45) is 11.7 Å². The second kappa shape index (κ2) is 5.50. The predicted octanol–water partition coefficient (Wildman–Crippen LogP) is 0.908. The lowest BCUT2D eigenvalue weighted by atomic mass is 10.0. The van der Waals surface area contributed by atoms with Gasteiger partial charge in [-0.05, 0) is 49.1 Å². The number of likely N-dealkylation sites (tertiary alicyclic amines) is 1. The van der Waals surface area contributed by atoms with Crippen LogP contribution in [0, 0.1) is 12.8 Å². The van der Waals surface area contributed by atoms with Crippen molar-refractivity contribution in [3.63, 3.8) is 0 Å². The zero-order chi connectivity index (χ0) is 13.1. The first-order chi connectivity index (χ1) is 8.60. The van der Waals surface area contributed by atoms with E-state index in [-0.39, 0.29) is 12.5 Å². The summed E-state index contributed by atoms with van der Waals surface area (Å²) < 4.78 is 0. The van der Waals surface area contributed by atoms with E-state index in [1.54, 1.807) is 6.07 Å². The molecule has 0 aliphatic carbocycles. The van der Waals surface area contributed by atoms with E-state index in [4.69, 9.17) is 10.8 Å². The van der Waals surface area contributed by atoms with Crippen molar-refractivity contribution >= 4 is 5.91 Å². The Morgan fingerprint density at radius 1 is 1.56 bits per heavy atom. The van der Waals surface area contributed by atoms with Crippen molar-refractivity contribution in [2.45, 2.75) is 19.9 Å². The van der Waals surface area contributed by atoms with Crippen molar-refractivity contribution in [2.75, 3.05) is 19.7 Å². The molecule has 1 aromatic rings. The van der Waals surface area contributed by atoms with Crippen LogP contribution in [0.1, 0.15) is 27.9 Å². The third-order valence-electron chi connectivity index (χ3n) is 3.65. The summed E-state index contributed by atoms with van der Waals surface area (Å²) in [5.41, 5.74) is 8.13. The first-order valence-corrected chi connectivity index (χ1v) is 6.32. The molecule has 1 atom stereocenters. The van der Waals surface area contributed by atoms with Crippen molar-refractivity contribution in [3.8, 4) is 0 Å². The molecule has 0 spiro atoms. The number of hydrogen-bond donors (Lipinski definition) is 2. The molecule has 0 radical (unpaired) electrons. The Labute approximate surface area is 107 Å². The van der Waals surface area contributed by atoms with Crippen LogP contribution in [0.15, 0.2) is 18.2 Å². The third-order valence-corrected chi connectivity index (χ3v) is 3.65. The minimum absolute atomic E-state index is 0.274. The first-order valence-electron chi connectivity index (χ1n) is 6.32. The average molecular weight is 248 g/mol.